The van der Waals surface area contributed by atoms with Gasteiger partial charge in [-0.3, -0.25) is 9.48 Å². The highest BCUT2D eigenvalue weighted by atomic mass is 16.2. The van der Waals surface area contributed by atoms with Crippen LogP contribution in [0.5, 0.6) is 0 Å². The van der Waals surface area contributed by atoms with Gasteiger partial charge >= 0.3 is 0 Å². The second-order valence-electron chi connectivity index (χ2n) is 7.78. The van der Waals surface area contributed by atoms with Crippen molar-refractivity contribution in [3.05, 3.63) is 47.3 Å². The van der Waals surface area contributed by atoms with E-state index >= 15 is 0 Å². The lowest BCUT2D eigenvalue weighted by Crippen LogP contribution is -2.42. The van der Waals surface area contributed by atoms with Gasteiger partial charge in [0.15, 0.2) is 0 Å². The van der Waals surface area contributed by atoms with Crippen molar-refractivity contribution in [2.24, 2.45) is 7.05 Å². The highest BCUT2D eigenvalue weighted by Gasteiger charge is 2.26. The van der Waals surface area contributed by atoms with Crippen LogP contribution in [-0.2, 0) is 7.05 Å². The summed E-state index contributed by atoms with van der Waals surface area (Å²) in [7, 11) is 1.89. The van der Waals surface area contributed by atoms with Crippen LogP contribution in [0.2, 0.25) is 0 Å². The minimum Gasteiger partial charge on any atom is -0.336 e. The number of pyridine rings is 1. The molecule has 0 radical (unpaired) electrons. The van der Waals surface area contributed by atoms with Crippen molar-refractivity contribution in [3.63, 3.8) is 0 Å². The minimum atomic E-state index is 0.116. The number of piperidine rings is 1. The molecule has 0 unspecified atom stereocenters. The van der Waals surface area contributed by atoms with Gasteiger partial charge in [-0.05, 0) is 57.7 Å². The van der Waals surface area contributed by atoms with Gasteiger partial charge in [-0.1, -0.05) is 11.6 Å². The number of nitrogens with zero attached hydrogens (tertiary/aromatic N) is 4. The molecule has 1 fully saturated rings. The molecule has 1 saturated heterocycles. The van der Waals surface area contributed by atoms with Crippen LogP contribution < -0.4 is 0 Å². The molecule has 3 heterocycles. The Morgan fingerprint density at radius 2 is 2.00 bits per heavy atom. The fourth-order valence-electron chi connectivity index (χ4n) is 4.11. The van der Waals surface area contributed by atoms with Crippen LogP contribution >= 0.6 is 0 Å². The van der Waals surface area contributed by atoms with Gasteiger partial charge in [0.2, 0.25) is 0 Å². The van der Waals surface area contributed by atoms with E-state index in [9.17, 15) is 4.79 Å². The summed E-state index contributed by atoms with van der Waals surface area (Å²) in [5.41, 5.74) is 5.62. The van der Waals surface area contributed by atoms with E-state index in [4.69, 9.17) is 4.98 Å². The summed E-state index contributed by atoms with van der Waals surface area (Å²) in [6.07, 6.45) is 7.08. The van der Waals surface area contributed by atoms with Gasteiger partial charge in [0, 0.05) is 36.8 Å². The Morgan fingerprint density at radius 3 is 2.70 bits per heavy atom. The second kappa shape index (κ2) is 6.80. The number of carbonyl (C=O) groups is 1. The number of amides is 1. The predicted octanol–water partition coefficient (Wildman–Crippen LogP) is 4.27. The molecule has 1 aliphatic rings. The first-order chi connectivity index (χ1) is 12.9. The standard InChI is InChI=1S/C22H26N4O/c1-14-9-15(2)21-18(10-14)19(22(27)26-8-6-5-7-16(26)3)11-20(24-21)17-12-23-25(4)13-17/h9-13,16H,5-8H2,1-4H3/t16-/m1/s1. The van der Waals surface area contributed by atoms with Gasteiger partial charge in [0.25, 0.3) is 5.91 Å². The summed E-state index contributed by atoms with van der Waals surface area (Å²) < 4.78 is 1.76. The normalized spacial score (nSPS) is 17.5. The molecule has 0 N–H and O–H groups in total. The fraction of sp³-hybridized carbons (Fsp3) is 0.409. The molecule has 1 aliphatic heterocycles. The number of hydrogen-bond donors (Lipinski definition) is 0. The van der Waals surface area contributed by atoms with E-state index in [0.717, 1.165) is 58.2 Å². The first kappa shape index (κ1) is 17.7. The van der Waals surface area contributed by atoms with E-state index in [1.807, 2.05) is 24.2 Å². The molecule has 1 amide bonds. The molecular formula is C22H26N4O. The number of rotatable bonds is 2. The topological polar surface area (TPSA) is 51.0 Å². The van der Waals surface area contributed by atoms with Gasteiger partial charge in [-0.15, -0.1) is 0 Å². The summed E-state index contributed by atoms with van der Waals surface area (Å²) in [5, 5.41) is 5.21. The third-order valence-corrected chi connectivity index (χ3v) is 5.54. The molecular weight excluding hydrogens is 336 g/mol. The SMILES string of the molecule is Cc1cc(C)c2nc(-c3cnn(C)c3)cc(C(=O)N3CCCC[C@H]3C)c2c1. The summed E-state index contributed by atoms with van der Waals surface area (Å²) in [6.45, 7) is 7.11. The Bertz CT molecular complexity index is 1020. The zero-order valence-electron chi connectivity index (χ0n) is 16.5. The lowest BCUT2D eigenvalue weighted by Gasteiger charge is -2.33. The molecule has 0 saturated carbocycles. The maximum absolute atomic E-state index is 13.5. The van der Waals surface area contributed by atoms with Crippen molar-refractivity contribution >= 4 is 16.8 Å². The van der Waals surface area contributed by atoms with Crippen molar-refractivity contribution in [1.82, 2.24) is 19.7 Å². The fourth-order valence-corrected chi connectivity index (χ4v) is 4.11. The molecule has 2 aromatic heterocycles. The van der Waals surface area contributed by atoms with Gasteiger partial charge in [-0.25, -0.2) is 4.98 Å². The Balaban J connectivity index is 1.92. The molecule has 0 aliphatic carbocycles. The monoisotopic (exact) mass is 362 g/mol. The molecule has 1 aromatic carbocycles. The first-order valence-electron chi connectivity index (χ1n) is 9.66. The third-order valence-electron chi connectivity index (χ3n) is 5.54. The number of likely N-dealkylation sites (tertiary alicyclic amines) is 1. The molecule has 0 bridgehead atoms. The number of carbonyl (C=O) groups excluding carboxylic acids is 1. The predicted molar refractivity (Wildman–Crippen MR) is 108 cm³/mol. The smallest absolute Gasteiger partial charge is 0.254 e. The van der Waals surface area contributed by atoms with E-state index in [-0.39, 0.29) is 11.9 Å². The van der Waals surface area contributed by atoms with Gasteiger partial charge in [-0.2, -0.15) is 5.10 Å². The van der Waals surface area contributed by atoms with Gasteiger partial charge < -0.3 is 4.90 Å². The Morgan fingerprint density at radius 1 is 1.19 bits per heavy atom. The van der Waals surface area contributed by atoms with Crippen LogP contribution in [0.25, 0.3) is 22.2 Å². The highest BCUT2D eigenvalue weighted by Crippen LogP contribution is 2.30. The Labute approximate surface area is 160 Å². The van der Waals surface area contributed by atoms with Crippen LogP contribution in [0.3, 0.4) is 0 Å². The van der Waals surface area contributed by atoms with E-state index in [0.29, 0.717) is 0 Å². The molecule has 140 valence electrons. The average molecular weight is 362 g/mol. The number of benzene rings is 1. The second-order valence-corrected chi connectivity index (χ2v) is 7.78. The molecule has 3 aromatic rings. The van der Waals surface area contributed by atoms with Crippen molar-refractivity contribution in [2.45, 2.75) is 46.1 Å². The third kappa shape index (κ3) is 3.22. The number of fused-ring (bicyclic) bond motifs is 1. The number of aromatic nitrogens is 3. The average Bonchev–Trinajstić information content (AvgIpc) is 3.07. The zero-order chi connectivity index (χ0) is 19.1. The van der Waals surface area contributed by atoms with E-state index < -0.39 is 0 Å². The van der Waals surface area contributed by atoms with Crippen LogP contribution in [-0.4, -0.2) is 38.2 Å². The largest absolute Gasteiger partial charge is 0.336 e. The van der Waals surface area contributed by atoms with Crippen molar-refractivity contribution in [1.29, 1.82) is 0 Å². The Kier molecular flexibility index (Phi) is 4.46. The summed E-state index contributed by atoms with van der Waals surface area (Å²) in [5.74, 6) is 0.116. The zero-order valence-corrected chi connectivity index (χ0v) is 16.5. The lowest BCUT2D eigenvalue weighted by molar-refractivity contribution is 0.0637. The summed E-state index contributed by atoms with van der Waals surface area (Å²) >= 11 is 0. The Hall–Kier alpha value is -2.69. The maximum atomic E-state index is 13.5. The summed E-state index contributed by atoms with van der Waals surface area (Å²) in [6, 6.07) is 6.44. The number of hydrogen-bond acceptors (Lipinski definition) is 3. The van der Waals surface area contributed by atoms with Crippen LogP contribution in [0.15, 0.2) is 30.6 Å². The summed E-state index contributed by atoms with van der Waals surface area (Å²) in [4.78, 5) is 20.4. The highest BCUT2D eigenvalue weighted by molar-refractivity contribution is 6.08. The molecule has 4 rings (SSSR count). The van der Waals surface area contributed by atoms with Crippen molar-refractivity contribution < 1.29 is 4.79 Å². The quantitative estimate of drug-likeness (QED) is 0.684. The number of aryl methyl sites for hydroxylation is 3. The maximum Gasteiger partial charge on any atom is 0.254 e. The van der Waals surface area contributed by atoms with Gasteiger partial charge in [0.1, 0.15) is 0 Å². The van der Waals surface area contributed by atoms with E-state index in [1.54, 1.807) is 10.9 Å². The van der Waals surface area contributed by atoms with Crippen molar-refractivity contribution in [3.8, 4) is 11.3 Å². The first-order valence-corrected chi connectivity index (χ1v) is 9.66. The molecule has 27 heavy (non-hydrogen) atoms. The molecule has 5 heteroatoms. The van der Waals surface area contributed by atoms with Crippen LogP contribution in [0, 0.1) is 13.8 Å². The van der Waals surface area contributed by atoms with E-state index in [2.05, 4.69) is 38.0 Å². The lowest BCUT2D eigenvalue weighted by atomic mass is 9.97. The molecule has 0 spiro atoms. The van der Waals surface area contributed by atoms with Crippen molar-refractivity contribution in [2.75, 3.05) is 6.54 Å². The minimum absolute atomic E-state index is 0.116. The molecule has 1 atom stereocenters. The van der Waals surface area contributed by atoms with Crippen LogP contribution in [0.1, 0.15) is 47.7 Å². The molecule has 5 nitrogen and oxygen atoms in total. The van der Waals surface area contributed by atoms with Gasteiger partial charge in [0.05, 0.1) is 23.0 Å². The van der Waals surface area contributed by atoms with Crippen LogP contribution in [0.4, 0.5) is 0 Å². The van der Waals surface area contributed by atoms with E-state index in [1.165, 1.54) is 6.42 Å².